The van der Waals surface area contributed by atoms with Crippen LogP contribution in [0, 0.1) is 12.8 Å². The van der Waals surface area contributed by atoms with Crippen LogP contribution in [-0.4, -0.2) is 55.5 Å². The van der Waals surface area contributed by atoms with Gasteiger partial charge in [-0.25, -0.2) is 4.98 Å². The molecule has 2 aromatic heterocycles. The van der Waals surface area contributed by atoms with E-state index in [9.17, 15) is 13.2 Å². The molecule has 1 aliphatic carbocycles. The molecule has 2 atom stereocenters. The molecule has 34 heavy (non-hydrogen) atoms. The monoisotopic (exact) mass is 490 g/mol. The summed E-state index contributed by atoms with van der Waals surface area (Å²) in [7, 11) is 4.07. The number of hydrogen-bond donors (Lipinski definition) is 0. The van der Waals surface area contributed by atoms with Gasteiger partial charge in [-0.15, -0.1) is 10.2 Å². The highest BCUT2D eigenvalue weighted by atomic mass is 32.2. The Kier molecular flexibility index (Phi) is 7.57. The SMILES string of the molecule is Cc1nccnc1-c1nnc(SCCCN(C)CCC2C[C@H]2c2ccc(C(F)(F)F)cc2)n1C. The average molecular weight is 491 g/mol. The predicted molar refractivity (Wildman–Crippen MR) is 127 cm³/mol. The fourth-order valence-corrected chi connectivity index (χ4v) is 5.00. The van der Waals surface area contributed by atoms with Crippen molar-refractivity contribution in [3.8, 4) is 11.5 Å². The van der Waals surface area contributed by atoms with Crippen LogP contribution in [0.15, 0.2) is 41.8 Å². The molecule has 3 aromatic rings. The molecule has 6 nitrogen and oxygen atoms in total. The maximum Gasteiger partial charge on any atom is 0.416 e. The van der Waals surface area contributed by atoms with E-state index >= 15 is 0 Å². The van der Waals surface area contributed by atoms with Gasteiger partial charge in [-0.1, -0.05) is 23.9 Å². The Morgan fingerprint density at radius 3 is 2.53 bits per heavy atom. The minimum Gasteiger partial charge on any atom is -0.306 e. The van der Waals surface area contributed by atoms with Crippen LogP contribution in [0.4, 0.5) is 13.2 Å². The van der Waals surface area contributed by atoms with Crippen LogP contribution < -0.4 is 0 Å². The largest absolute Gasteiger partial charge is 0.416 e. The van der Waals surface area contributed by atoms with Crippen molar-refractivity contribution in [2.45, 2.75) is 43.4 Å². The van der Waals surface area contributed by atoms with Gasteiger partial charge in [0.05, 0.1) is 11.3 Å². The summed E-state index contributed by atoms with van der Waals surface area (Å²) >= 11 is 1.68. The van der Waals surface area contributed by atoms with Crippen LogP contribution in [0.2, 0.25) is 0 Å². The van der Waals surface area contributed by atoms with E-state index in [1.54, 1.807) is 36.3 Å². The molecule has 1 aromatic carbocycles. The first-order chi connectivity index (χ1) is 16.2. The number of aryl methyl sites for hydroxylation is 1. The Balaban J connectivity index is 1.16. The Morgan fingerprint density at radius 1 is 1.09 bits per heavy atom. The number of nitrogens with zero attached hydrogens (tertiary/aromatic N) is 6. The van der Waals surface area contributed by atoms with E-state index in [-0.39, 0.29) is 0 Å². The minimum absolute atomic E-state index is 0.397. The Hall–Kier alpha value is -2.46. The van der Waals surface area contributed by atoms with Gasteiger partial charge >= 0.3 is 6.18 Å². The molecule has 1 aliphatic rings. The molecule has 2 heterocycles. The maximum absolute atomic E-state index is 12.7. The zero-order valence-electron chi connectivity index (χ0n) is 19.6. The molecule has 1 unspecified atom stereocenters. The topological polar surface area (TPSA) is 59.7 Å². The Bertz CT molecular complexity index is 1100. The molecule has 4 rings (SSSR count). The Labute approximate surface area is 202 Å². The predicted octanol–water partition coefficient (Wildman–Crippen LogP) is 5.21. The van der Waals surface area contributed by atoms with E-state index in [2.05, 4.69) is 32.1 Å². The van der Waals surface area contributed by atoms with Crippen LogP contribution >= 0.6 is 11.8 Å². The first-order valence-corrected chi connectivity index (χ1v) is 12.4. The van der Waals surface area contributed by atoms with Crippen LogP contribution in [0.3, 0.4) is 0 Å². The fourth-order valence-electron chi connectivity index (χ4n) is 4.16. The molecule has 0 radical (unpaired) electrons. The average Bonchev–Trinajstić information content (AvgIpc) is 3.50. The number of hydrogen-bond acceptors (Lipinski definition) is 6. The number of aromatic nitrogens is 5. The van der Waals surface area contributed by atoms with Gasteiger partial charge in [0.2, 0.25) is 0 Å². The maximum atomic E-state index is 12.7. The van der Waals surface area contributed by atoms with Crippen molar-refractivity contribution in [2.75, 3.05) is 25.9 Å². The van der Waals surface area contributed by atoms with Crippen molar-refractivity contribution >= 4 is 11.8 Å². The van der Waals surface area contributed by atoms with Gasteiger partial charge in [0.1, 0.15) is 5.69 Å². The second-order valence-electron chi connectivity index (χ2n) is 8.87. The van der Waals surface area contributed by atoms with E-state index in [1.807, 2.05) is 18.5 Å². The van der Waals surface area contributed by atoms with Gasteiger partial charge in [0, 0.05) is 25.2 Å². The van der Waals surface area contributed by atoms with Crippen LogP contribution in [-0.2, 0) is 13.2 Å². The number of halogens is 3. The third-order valence-corrected chi connectivity index (χ3v) is 7.42. The molecule has 1 fully saturated rings. The van der Waals surface area contributed by atoms with Crippen LogP contribution in [0.25, 0.3) is 11.5 Å². The Morgan fingerprint density at radius 2 is 1.82 bits per heavy atom. The molecule has 0 N–H and O–H groups in total. The second kappa shape index (κ2) is 10.4. The van der Waals surface area contributed by atoms with E-state index in [4.69, 9.17) is 0 Å². The van der Waals surface area contributed by atoms with Gasteiger partial charge in [0.15, 0.2) is 11.0 Å². The summed E-state index contributed by atoms with van der Waals surface area (Å²) in [5.74, 6) is 2.62. The molecular formula is C24H29F3N6S. The summed E-state index contributed by atoms with van der Waals surface area (Å²) in [6.45, 7) is 3.89. The lowest BCUT2D eigenvalue weighted by Crippen LogP contribution is -2.21. The third-order valence-electron chi connectivity index (χ3n) is 6.31. The van der Waals surface area contributed by atoms with Crippen molar-refractivity contribution in [2.24, 2.45) is 13.0 Å². The molecule has 0 aliphatic heterocycles. The van der Waals surface area contributed by atoms with Crippen molar-refractivity contribution < 1.29 is 13.2 Å². The molecule has 0 amide bonds. The van der Waals surface area contributed by atoms with Crippen LogP contribution in [0.5, 0.6) is 0 Å². The van der Waals surface area contributed by atoms with Gasteiger partial charge < -0.3 is 9.47 Å². The standard InChI is InChI=1S/C24H29F3N6S/c1-16-21(29-11-10-28-16)22-30-31-23(33(22)3)34-14-4-12-32(2)13-9-18-15-20(18)17-5-7-19(8-6-17)24(25,26)27/h5-8,10-11,18,20H,4,9,12-15H2,1-3H3/t18?,20-/m0/s1. The summed E-state index contributed by atoms with van der Waals surface area (Å²) in [5.41, 5.74) is 2.02. The van der Waals surface area contributed by atoms with E-state index in [0.29, 0.717) is 11.8 Å². The normalized spacial score (nSPS) is 18.0. The van der Waals surface area contributed by atoms with Crippen molar-refractivity contribution in [3.05, 3.63) is 53.5 Å². The van der Waals surface area contributed by atoms with Crippen LogP contribution in [0.1, 0.15) is 42.0 Å². The second-order valence-corrected chi connectivity index (χ2v) is 9.93. The summed E-state index contributed by atoms with van der Waals surface area (Å²) in [4.78, 5) is 11.0. The quantitative estimate of drug-likeness (QED) is 0.287. The summed E-state index contributed by atoms with van der Waals surface area (Å²) in [5, 5.41) is 9.46. The van der Waals surface area contributed by atoms with Gasteiger partial charge in [-0.3, -0.25) is 4.98 Å². The van der Waals surface area contributed by atoms with Crippen molar-refractivity contribution in [3.63, 3.8) is 0 Å². The number of thioether (sulfide) groups is 1. The van der Waals surface area contributed by atoms with Gasteiger partial charge in [-0.2, -0.15) is 13.2 Å². The molecular weight excluding hydrogens is 461 g/mol. The highest BCUT2D eigenvalue weighted by Gasteiger charge is 2.38. The fraction of sp³-hybridized carbons (Fsp3) is 0.500. The van der Waals surface area contributed by atoms with Crippen molar-refractivity contribution in [1.82, 2.24) is 29.6 Å². The first kappa shape index (κ1) is 24.7. The van der Waals surface area contributed by atoms with Gasteiger partial charge in [-0.05, 0) is 75.9 Å². The van der Waals surface area contributed by atoms with Crippen molar-refractivity contribution in [1.29, 1.82) is 0 Å². The minimum atomic E-state index is -4.27. The molecule has 0 bridgehead atoms. The smallest absolute Gasteiger partial charge is 0.306 e. The zero-order chi connectivity index (χ0) is 24.3. The van der Waals surface area contributed by atoms with E-state index in [0.717, 1.165) is 66.0 Å². The first-order valence-electron chi connectivity index (χ1n) is 11.4. The molecule has 0 spiro atoms. The van der Waals surface area contributed by atoms with Gasteiger partial charge in [0.25, 0.3) is 0 Å². The molecule has 1 saturated carbocycles. The summed E-state index contributed by atoms with van der Waals surface area (Å²) < 4.78 is 40.2. The van der Waals surface area contributed by atoms with E-state index in [1.165, 1.54) is 12.1 Å². The molecule has 0 saturated heterocycles. The third kappa shape index (κ3) is 5.96. The highest BCUT2D eigenvalue weighted by molar-refractivity contribution is 7.99. The number of rotatable bonds is 10. The summed E-state index contributed by atoms with van der Waals surface area (Å²) in [6, 6.07) is 5.67. The molecule has 10 heteroatoms. The number of benzene rings is 1. The highest BCUT2D eigenvalue weighted by Crippen LogP contribution is 2.49. The number of alkyl halides is 3. The summed E-state index contributed by atoms with van der Waals surface area (Å²) in [6.07, 6.45) is 2.22. The lowest BCUT2D eigenvalue weighted by molar-refractivity contribution is -0.137. The lowest BCUT2D eigenvalue weighted by atomic mass is 10.1. The zero-order valence-corrected chi connectivity index (χ0v) is 20.4. The lowest BCUT2D eigenvalue weighted by Gasteiger charge is -2.16. The van der Waals surface area contributed by atoms with E-state index < -0.39 is 11.7 Å². The molecule has 182 valence electrons.